The standard InChI is InChI=1S/C26H34O4/c1-3-25-10-11-26(20(13-28)19(25)12-27)18-7-6-17-21(16(18)8-9-24(25,26)2)23(30)15-5-4-14(15)22(17)29/h10-11,16,18-20,27-30H,3-9,12-13H2,1-2H3/t16-,18+,19+,20-,24+,25+,26?/m0/s1. The molecule has 0 aromatic heterocycles. The molecular formula is C26H34O4. The summed E-state index contributed by atoms with van der Waals surface area (Å²) in [5, 5.41) is 43.1. The van der Waals surface area contributed by atoms with Crippen molar-refractivity contribution in [1.82, 2.24) is 0 Å². The first-order valence-electron chi connectivity index (χ1n) is 11.9. The Morgan fingerprint density at radius 2 is 1.60 bits per heavy atom. The Hall–Kier alpha value is -1.52. The van der Waals surface area contributed by atoms with Crippen LogP contribution in [0.25, 0.3) is 0 Å². The first-order valence-corrected chi connectivity index (χ1v) is 11.9. The van der Waals surface area contributed by atoms with E-state index in [4.69, 9.17) is 0 Å². The van der Waals surface area contributed by atoms with Crippen LogP contribution in [0.15, 0.2) is 12.2 Å². The number of hydrogen-bond donors (Lipinski definition) is 4. The van der Waals surface area contributed by atoms with E-state index in [0.717, 1.165) is 67.2 Å². The number of allylic oxidation sites excluding steroid dienone is 2. The number of fused-ring (bicyclic) bond motifs is 4. The summed E-state index contributed by atoms with van der Waals surface area (Å²) < 4.78 is 0. The smallest absolute Gasteiger partial charge is 0.123 e. The number of phenols is 2. The van der Waals surface area contributed by atoms with Crippen molar-refractivity contribution >= 4 is 0 Å². The van der Waals surface area contributed by atoms with Gasteiger partial charge in [-0.25, -0.2) is 0 Å². The summed E-state index contributed by atoms with van der Waals surface area (Å²) in [6, 6.07) is 0. The zero-order chi connectivity index (χ0) is 21.1. The van der Waals surface area contributed by atoms with Crippen molar-refractivity contribution in [1.29, 1.82) is 0 Å². The van der Waals surface area contributed by atoms with Gasteiger partial charge in [0.05, 0.1) is 0 Å². The lowest BCUT2D eigenvalue weighted by Crippen LogP contribution is -2.53. The van der Waals surface area contributed by atoms with E-state index < -0.39 is 0 Å². The van der Waals surface area contributed by atoms with Gasteiger partial charge < -0.3 is 20.4 Å². The van der Waals surface area contributed by atoms with E-state index in [1.165, 1.54) is 0 Å². The highest BCUT2D eigenvalue weighted by atomic mass is 16.3. The zero-order valence-corrected chi connectivity index (χ0v) is 18.1. The summed E-state index contributed by atoms with van der Waals surface area (Å²) in [6.45, 7) is 4.87. The summed E-state index contributed by atoms with van der Waals surface area (Å²) in [6.07, 6.45) is 11.3. The zero-order valence-electron chi connectivity index (χ0n) is 18.1. The fourth-order valence-corrected chi connectivity index (χ4v) is 9.64. The maximum absolute atomic E-state index is 11.2. The van der Waals surface area contributed by atoms with Gasteiger partial charge in [0.1, 0.15) is 11.5 Å². The Bertz CT molecular complexity index is 967. The van der Waals surface area contributed by atoms with Gasteiger partial charge in [-0.05, 0) is 79.4 Å². The van der Waals surface area contributed by atoms with Crippen molar-refractivity contribution < 1.29 is 20.4 Å². The highest BCUT2D eigenvalue weighted by Gasteiger charge is 2.77. The second-order valence-electron chi connectivity index (χ2n) is 10.9. The molecule has 0 heterocycles. The van der Waals surface area contributed by atoms with Gasteiger partial charge in [0.2, 0.25) is 0 Å². The van der Waals surface area contributed by atoms with Crippen LogP contribution in [0, 0.1) is 34.0 Å². The second kappa shape index (κ2) is 5.83. The van der Waals surface area contributed by atoms with Crippen molar-refractivity contribution in [3.05, 3.63) is 34.4 Å². The average Bonchev–Trinajstić information content (AvgIpc) is 3.10. The highest BCUT2D eigenvalue weighted by Crippen LogP contribution is 2.82. The van der Waals surface area contributed by atoms with Crippen LogP contribution in [0.5, 0.6) is 11.5 Å². The molecule has 0 radical (unpaired) electrons. The van der Waals surface area contributed by atoms with E-state index >= 15 is 0 Å². The van der Waals surface area contributed by atoms with Crippen LogP contribution in [-0.4, -0.2) is 33.6 Å². The first-order chi connectivity index (χ1) is 14.4. The molecule has 1 aromatic rings. The maximum atomic E-state index is 11.2. The predicted molar refractivity (Wildman–Crippen MR) is 115 cm³/mol. The van der Waals surface area contributed by atoms with E-state index in [-0.39, 0.29) is 47.2 Å². The molecule has 2 bridgehead atoms. The lowest BCUT2D eigenvalue weighted by atomic mass is 9.45. The number of hydrogen-bond acceptors (Lipinski definition) is 4. The minimum absolute atomic E-state index is 0.0196. The summed E-state index contributed by atoms with van der Waals surface area (Å²) in [5.41, 5.74) is 3.70. The number of benzene rings is 1. The van der Waals surface area contributed by atoms with Gasteiger partial charge in [0.25, 0.3) is 0 Å². The van der Waals surface area contributed by atoms with Crippen molar-refractivity contribution in [3.63, 3.8) is 0 Å². The molecule has 1 aromatic carbocycles. The number of aliphatic hydroxyl groups is 2. The van der Waals surface area contributed by atoms with Gasteiger partial charge in [0, 0.05) is 40.9 Å². The molecule has 2 fully saturated rings. The van der Waals surface area contributed by atoms with Crippen LogP contribution < -0.4 is 0 Å². The third kappa shape index (κ3) is 1.70. The Kier molecular flexibility index (Phi) is 3.73. The molecule has 0 saturated heterocycles. The Morgan fingerprint density at radius 3 is 2.23 bits per heavy atom. The molecule has 5 aliphatic rings. The lowest BCUT2D eigenvalue weighted by molar-refractivity contribution is -0.0662. The minimum atomic E-state index is -0.156. The Morgan fingerprint density at radius 1 is 0.900 bits per heavy atom. The summed E-state index contributed by atoms with van der Waals surface area (Å²) in [4.78, 5) is 0. The predicted octanol–water partition coefficient (Wildman–Crippen LogP) is 3.83. The molecule has 0 amide bonds. The van der Waals surface area contributed by atoms with Gasteiger partial charge in [0.15, 0.2) is 0 Å². The highest BCUT2D eigenvalue weighted by molar-refractivity contribution is 5.64. The number of rotatable bonds is 3. The quantitative estimate of drug-likeness (QED) is 0.451. The third-order valence-electron chi connectivity index (χ3n) is 10.9. The number of aliphatic hydroxyl groups excluding tert-OH is 2. The van der Waals surface area contributed by atoms with Crippen molar-refractivity contribution in [2.45, 2.75) is 64.7 Å². The molecule has 6 rings (SSSR count). The molecule has 5 aliphatic carbocycles. The van der Waals surface area contributed by atoms with Crippen molar-refractivity contribution in [2.24, 2.45) is 34.0 Å². The van der Waals surface area contributed by atoms with Crippen LogP contribution >= 0.6 is 0 Å². The van der Waals surface area contributed by atoms with Crippen LogP contribution in [-0.2, 0) is 19.3 Å². The fourth-order valence-electron chi connectivity index (χ4n) is 9.64. The van der Waals surface area contributed by atoms with Gasteiger partial charge in [-0.2, -0.15) is 0 Å². The Labute approximate surface area is 178 Å². The van der Waals surface area contributed by atoms with Gasteiger partial charge in [-0.15, -0.1) is 0 Å². The molecule has 162 valence electrons. The van der Waals surface area contributed by atoms with Crippen molar-refractivity contribution in [3.8, 4) is 11.5 Å². The van der Waals surface area contributed by atoms with Crippen LogP contribution in [0.4, 0.5) is 0 Å². The summed E-state index contributed by atoms with van der Waals surface area (Å²) in [7, 11) is 0. The van der Waals surface area contributed by atoms with Crippen molar-refractivity contribution in [2.75, 3.05) is 13.2 Å². The fraction of sp³-hybridized carbons (Fsp3) is 0.692. The van der Waals surface area contributed by atoms with Crippen LogP contribution in [0.3, 0.4) is 0 Å². The van der Waals surface area contributed by atoms with E-state index in [0.29, 0.717) is 17.4 Å². The van der Waals surface area contributed by atoms with Gasteiger partial charge in [-0.1, -0.05) is 26.0 Å². The molecular weight excluding hydrogens is 376 g/mol. The number of aromatic hydroxyl groups is 2. The van der Waals surface area contributed by atoms with E-state index in [9.17, 15) is 20.4 Å². The molecule has 2 saturated carbocycles. The molecule has 4 heteroatoms. The molecule has 4 N–H and O–H groups in total. The second-order valence-corrected chi connectivity index (χ2v) is 10.9. The van der Waals surface area contributed by atoms with Gasteiger partial charge in [-0.3, -0.25) is 0 Å². The summed E-state index contributed by atoms with van der Waals surface area (Å²) in [5.74, 6) is 1.56. The van der Waals surface area contributed by atoms with E-state index in [1.54, 1.807) is 0 Å². The number of phenolic OH excluding ortho intramolecular Hbond substituents is 2. The van der Waals surface area contributed by atoms with Crippen LogP contribution in [0.2, 0.25) is 0 Å². The minimum Gasteiger partial charge on any atom is -0.507 e. The molecule has 7 atom stereocenters. The average molecular weight is 411 g/mol. The SMILES string of the molecule is CC[C@]12C=CC3([C@@H]4CCc5c(O)c6c(c(O)c5[C@H]4CC[C@@]31C)CC6)[C@@H](CO)[C@H]2CO. The third-order valence-corrected chi connectivity index (χ3v) is 10.9. The largest absolute Gasteiger partial charge is 0.507 e. The van der Waals surface area contributed by atoms with E-state index in [1.807, 2.05) is 0 Å². The normalized spacial score (nSPS) is 44.8. The summed E-state index contributed by atoms with van der Waals surface area (Å²) >= 11 is 0. The van der Waals surface area contributed by atoms with E-state index in [2.05, 4.69) is 26.0 Å². The molecule has 4 nitrogen and oxygen atoms in total. The molecule has 1 unspecified atom stereocenters. The van der Waals surface area contributed by atoms with Crippen LogP contribution in [0.1, 0.15) is 67.7 Å². The molecule has 0 spiro atoms. The topological polar surface area (TPSA) is 80.9 Å². The first kappa shape index (κ1) is 19.2. The molecule has 30 heavy (non-hydrogen) atoms. The van der Waals surface area contributed by atoms with Gasteiger partial charge >= 0.3 is 0 Å². The lowest BCUT2D eigenvalue weighted by Gasteiger charge is -2.59. The Balaban J connectivity index is 1.55. The monoisotopic (exact) mass is 410 g/mol. The maximum Gasteiger partial charge on any atom is 0.123 e. The molecule has 0 aliphatic heterocycles.